The first kappa shape index (κ1) is 12.8. The topological polar surface area (TPSA) is 37.8 Å². The smallest absolute Gasteiger partial charge is 0.143 e. The van der Waals surface area contributed by atoms with Gasteiger partial charge in [0, 0.05) is 10.6 Å². The summed E-state index contributed by atoms with van der Waals surface area (Å²) in [5.74, 6) is 1.80. The largest absolute Gasteiger partial charge is 0.339 e. The number of thiophene rings is 1. The molecule has 2 heterocycles. The lowest BCUT2D eigenvalue weighted by Gasteiger charge is -2.11. The Kier molecular flexibility index (Phi) is 2.93. The fraction of sp³-hybridized carbons (Fsp3) is 0.294. The molecule has 2 aromatic heterocycles. The Hall–Kier alpha value is -1.94. The molecule has 1 N–H and O–H groups in total. The van der Waals surface area contributed by atoms with Crippen molar-refractivity contribution < 1.29 is 0 Å². The quantitative estimate of drug-likeness (QED) is 0.754. The van der Waals surface area contributed by atoms with Crippen LogP contribution in [-0.4, -0.2) is 9.97 Å². The number of hydrogen-bond acceptors (Lipinski definition) is 4. The molecule has 3 aromatic rings. The second-order valence-electron chi connectivity index (χ2n) is 5.60. The molecule has 1 aliphatic carbocycles. The van der Waals surface area contributed by atoms with Gasteiger partial charge in [-0.3, -0.25) is 0 Å². The van der Waals surface area contributed by atoms with E-state index in [2.05, 4.69) is 46.5 Å². The van der Waals surface area contributed by atoms with Crippen LogP contribution in [0.1, 0.15) is 28.2 Å². The van der Waals surface area contributed by atoms with Gasteiger partial charge in [0.25, 0.3) is 0 Å². The van der Waals surface area contributed by atoms with Crippen LogP contribution in [0.3, 0.4) is 0 Å². The van der Waals surface area contributed by atoms with E-state index in [4.69, 9.17) is 0 Å². The van der Waals surface area contributed by atoms with E-state index in [1.807, 2.05) is 18.3 Å². The van der Waals surface area contributed by atoms with Crippen LogP contribution in [0.15, 0.2) is 24.3 Å². The lowest BCUT2D eigenvalue weighted by Crippen LogP contribution is -2.00. The number of anilines is 2. The molecule has 0 amide bonds. The van der Waals surface area contributed by atoms with Crippen molar-refractivity contribution in [1.82, 2.24) is 9.97 Å². The summed E-state index contributed by atoms with van der Waals surface area (Å²) in [6.07, 6.45) is 3.61. The molecule has 0 spiro atoms. The summed E-state index contributed by atoms with van der Waals surface area (Å²) >= 11 is 1.84. The van der Waals surface area contributed by atoms with Crippen LogP contribution < -0.4 is 5.32 Å². The third-order valence-corrected chi connectivity index (χ3v) is 5.26. The minimum atomic E-state index is 0.832. The van der Waals surface area contributed by atoms with Gasteiger partial charge in [0.15, 0.2) is 0 Å². The second-order valence-corrected chi connectivity index (χ2v) is 6.68. The predicted molar refractivity (Wildman–Crippen MR) is 88.6 cm³/mol. The summed E-state index contributed by atoms with van der Waals surface area (Å²) in [7, 11) is 0. The van der Waals surface area contributed by atoms with E-state index < -0.39 is 0 Å². The maximum Gasteiger partial charge on any atom is 0.143 e. The number of hydrogen-bond donors (Lipinski definition) is 1. The maximum absolute atomic E-state index is 4.67. The van der Waals surface area contributed by atoms with E-state index in [-0.39, 0.29) is 0 Å². The van der Waals surface area contributed by atoms with Gasteiger partial charge in [-0.05, 0) is 50.3 Å². The van der Waals surface area contributed by atoms with Crippen molar-refractivity contribution in [1.29, 1.82) is 0 Å². The van der Waals surface area contributed by atoms with Crippen LogP contribution in [-0.2, 0) is 12.8 Å². The molecule has 0 aliphatic heterocycles. The van der Waals surface area contributed by atoms with Crippen molar-refractivity contribution in [2.45, 2.75) is 33.1 Å². The molecule has 1 aromatic carbocycles. The van der Waals surface area contributed by atoms with Crippen molar-refractivity contribution >= 4 is 33.1 Å². The molecule has 106 valence electrons. The average Bonchev–Trinajstić information content (AvgIpc) is 3.01. The van der Waals surface area contributed by atoms with E-state index in [9.17, 15) is 0 Å². The summed E-state index contributed by atoms with van der Waals surface area (Å²) in [5.41, 5.74) is 3.81. The van der Waals surface area contributed by atoms with E-state index in [0.29, 0.717) is 0 Å². The normalized spacial score (nSPS) is 13.6. The SMILES string of the molecule is Cc1nc(Nc2ccccc2C)c2c3c(sc2n1)CCC3. The first-order chi connectivity index (χ1) is 10.2. The average molecular weight is 295 g/mol. The molecule has 0 radical (unpaired) electrons. The Balaban J connectivity index is 1.90. The van der Waals surface area contributed by atoms with Crippen molar-refractivity contribution in [2.75, 3.05) is 5.32 Å². The highest BCUT2D eigenvalue weighted by Gasteiger charge is 2.22. The predicted octanol–water partition coefficient (Wildman–Crippen LogP) is 4.54. The molecule has 4 heteroatoms. The summed E-state index contributed by atoms with van der Waals surface area (Å²) in [6, 6.07) is 8.33. The third kappa shape index (κ3) is 2.10. The zero-order chi connectivity index (χ0) is 14.4. The number of benzene rings is 1. The molecular formula is C17H17N3S. The van der Waals surface area contributed by atoms with Crippen LogP contribution >= 0.6 is 11.3 Å². The van der Waals surface area contributed by atoms with Crippen LogP contribution in [0, 0.1) is 13.8 Å². The maximum atomic E-state index is 4.67. The van der Waals surface area contributed by atoms with Crippen molar-refractivity contribution in [3.63, 3.8) is 0 Å². The fourth-order valence-electron chi connectivity index (χ4n) is 3.03. The molecule has 1 aliphatic rings. The Bertz CT molecular complexity index is 835. The van der Waals surface area contributed by atoms with E-state index in [1.54, 1.807) is 0 Å². The van der Waals surface area contributed by atoms with Gasteiger partial charge in [0.1, 0.15) is 16.5 Å². The number of rotatable bonds is 2. The molecule has 0 atom stereocenters. The Morgan fingerprint density at radius 1 is 1.10 bits per heavy atom. The first-order valence-corrected chi connectivity index (χ1v) is 8.15. The Morgan fingerprint density at radius 2 is 1.95 bits per heavy atom. The summed E-state index contributed by atoms with van der Waals surface area (Å²) < 4.78 is 0. The van der Waals surface area contributed by atoms with Crippen molar-refractivity contribution in [2.24, 2.45) is 0 Å². The molecule has 3 nitrogen and oxygen atoms in total. The first-order valence-electron chi connectivity index (χ1n) is 7.34. The summed E-state index contributed by atoms with van der Waals surface area (Å²) in [5, 5.41) is 4.76. The van der Waals surface area contributed by atoms with Crippen molar-refractivity contribution in [3.05, 3.63) is 46.1 Å². The highest BCUT2D eigenvalue weighted by molar-refractivity contribution is 7.19. The molecule has 0 saturated heterocycles. The summed E-state index contributed by atoms with van der Waals surface area (Å²) in [4.78, 5) is 11.9. The van der Waals surface area contributed by atoms with E-state index in [1.165, 1.54) is 34.2 Å². The Morgan fingerprint density at radius 3 is 2.81 bits per heavy atom. The van der Waals surface area contributed by atoms with Gasteiger partial charge in [-0.15, -0.1) is 11.3 Å². The van der Waals surface area contributed by atoms with Crippen LogP contribution in [0.5, 0.6) is 0 Å². The standard InChI is InChI=1S/C17H17N3S/c1-10-6-3-4-8-13(10)20-16-15-12-7-5-9-14(12)21-17(15)19-11(2)18-16/h3-4,6,8H,5,7,9H2,1-2H3,(H,18,19,20). The molecule has 0 saturated carbocycles. The molecule has 0 fully saturated rings. The number of nitrogens with one attached hydrogen (secondary N) is 1. The van der Waals surface area contributed by atoms with Gasteiger partial charge >= 0.3 is 0 Å². The minimum Gasteiger partial charge on any atom is -0.339 e. The third-order valence-electron chi connectivity index (χ3n) is 4.07. The van der Waals surface area contributed by atoms with Crippen LogP contribution in [0.2, 0.25) is 0 Å². The zero-order valence-electron chi connectivity index (χ0n) is 12.2. The molecule has 21 heavy (non-hydrogen) atoms. The van der Waals surface area contributed by atoms with Crippen LogP contribution in [0.4, 0.5) is 11.5 Å². The molecular weight excluding hydrogens is 278 g/mol. The molecule has 4 rings (SSSR count). The van der Waals surface area contributed by atoms with Gasteiger partial charge in [-0.1, -0.05) is 18.2 Å². The van der Waals surface area contributed by atoms with Gasteiger partial charge < -0.3 is 5.32 Å². The van der Waals surface area contributed by atoms with E-state index in [0.717, 1.165) is 28.6 Å². The van der Waals surface area contributed by atoms with Gasteiger partial charge in [0.05, 0.1) is 5.39 Å². The summed E-state index contributed by atoms with van der Waals surface area (Å²) in [6.45, 7) is 4.08. The number of para-hydroxylation sites is 1. The van der Waals surface area contributed by atoms with Crippen LogP contribution in [0.25, 0.3) is 10.2 Å². The second kappa shape index (κ2) is 4.81. The highest BCUT2D eigenvalue weighted by atomic mass is 32.1. The molecule has 0 unspecified atom stereocenters. The monoisotopic (exact) mass is 295 g/mol. The number of aromatic nitrogens is 2. The lowest BCUT2D eigenvalue weighted by atomic mass is 10.1. The number of aryl methyl sites for hydroxylation is 4. The van der Waals surface area contributed by atoms with E-state index >= 15 is 0 Å². The minimum absolute atomic E-state index is 0.832. The number of nitrogens with zero attached hydrogens (tertiary/aromatic N) is 2. The van der Waals surface area contributed by atoms with Gasteiger partial charge in [0.2, 0.25) is 0 Å². The molecule has 0 bridgehead atoms. The lowest BCUT2D eigenvalue weighted by molar-refractivity contribution is 0.917. The fourth-order valence-corrected chi connectivity index (χ4v) is 4.34. The van der Waals surface area contributed by atoms with Crippen molar-refractivity contribution in [3.8, 4) is 0 Å². The Labute approximate surface area is 128 Å². The van der Waals surface area contributed by atoms with Gasteiger partial charge in [-0.25, -0.2) is 9.97 Å². The number of fused-ring (bicyclic) bond motifs is 3. The zero-order valence-corrected chi connectivity index (χ0v) is 13.0. The highest BCUT2D eigenvalue weighted by Crippen LogP contribution is 2.40. The van der Waals surface area contributed by atoms with Gasteiger partial charge in [-0.2, -0.15) is 0 Å².